The fourth-order valence-electron chi connectivity index (χ4n) is 5.16. The lowest BCUT2D eigenvalue weighted by Crippen LogP contribution is -2.53. The lowest BCUT2D eigenvalue weighted by Gasteiger charge is -2.45. The molecule has 2 atom stereocenters. The van der Waals surface area contributed by atoms with E-state index in [9.17, 15) is 4.79 Å². The molecule has 3 saturated heterocycles. The van der Waals surface area contributed by atoms with Crippen molar-refractivity contribution in [3.8, 4) is 0 Å². The maximum absolute atomic E-state index is 13.3. The van der Waals surface area contributed by atoms with Crippen LogP contribution in [0.5, 0.6) is 0 Å². The number of hydrogen-bond donors (Lipinski definition) is 0. The molecule has 0 spiro atoms. The maximum atomic E-state index is 13.3. The zero-order chi connectivity index (χ0) is 18.9. The van der Waals surface area contributed by atoms with Gasteiger partial charge in [0, 0.05) is 13.1 Å². The molecule has 6 rings (SSSR count). The van der Waals surface area contributed by atoms with Crippen LogP contribution >= 0.6 is 0 Å². The first-order chi connectivity index (χ1) is 13.8. The maximum Gasteiger partial charge on any atom is 0.410 e. The van der Waals surface area contributed by atoms with Crippen molar-refractivity contribution in [2.75, 3.05) is 26.2 Å². The van der Waals surface area contributed by atoms with E-state index in [-0.39, 0.29) is 18.2 Å². The summed E-state index contributed by atoms with van der Waals surface area (Å²) in [7, 11) is 0. The number of allylic oxidation sites excluding steroid dienone is 4. The molecule has 28 heavy (non-hydrogen) atoms. The van der Waals surface area contributed by atoms with Crippen LogP contribution in [-0.2, 0) is 11.2 Å². The minimum Gasteiger partial charge on any atom is -0.444 e. The summed E-state index contributed by atoms with van der Waals surface area (Å²) in [6.45, 7) is 3.92. The Morgan fingerprint density at radius 1 is 1.07 bits per heavy atom. The number of hydrogen-bond acceptors (Lipinski definition) is 3. The Morgan fingerprint density at radius 2 is 1.93 bits per heavy atom. The van der Waals surface area contributed by atoms with E-state index in [1.54, 1.807) is 0 Å². The molecule has 5 aliphatic rings. The largest absolute Gasteiger partial charge is 0.444 e. The van der Waals surface area contributed by atoms with E-state index in [0.29, 0.717) is 12.5 Å². The smallest absolute Gasteiger partial charge is 0.410 e. The second-order valence-electron chi connectivity index (χ2n) is 8.33. The van der Waals surface area contributed by atoms with E-state index >= 15 is 0 Å². The van der Waals surface area contributed by atoms with Gasteiger partial charge >= 0.3 is 6.09 Å². The average Bonchev–Trinajstić information content (AvgIpc) is 3.03. The number of benzene rings is 1. The molecule has 1 unspecified atom stereocenters. The van der Waals surface area contributed by atoms with Crippen molar-refractivity contribution in [2.45, 2.75) is 37.8 Å². The van der Waals surface area contributed by atoms with Crippen molar-refractivity contribution >= 4 is 6.09 Å². The summed E-state index contributed by atoms with van der Waals surface area (Å²) in [6, 6.07) is 8.47. The highest BCUT2D eigenvalue weighted by Gasteiger charge is 2.39. The van der Waals surface area contributed by atoms with Crippen molar-refractivity contribution in [3.05, 3.63) is 71.3 Å². The minimum absolute atomic E-state index is 0.0492. The topological polar surface area (TPSA) is 32.8 Å². The molecule has 0 N–H and O–H groups in total. The van der Waals surface area contributed by atoms with Gasteiger partial charge in [-0.05, 0) is 61.4 Å². The number of amides is 1. The summed E-state index contributed by atoms with van der Waals surface area (Å²) in [5, 5.41) is 0. The average molecular weight is 377 g/mol. The van der Waals surface area contributed by atoms with Gasteiger partial charge in [-0.15, -0.1) is 0 Å². The molecule has 4 nitrogen and oxygen atoms in total. The van der Waals surface area contributed by atoms with Crippen LogP contribution < -0.4 is 0 Å². The van der Waals surface area contributed by atoms with Crippen LogP contribution in [0.1, 0.15) is 36.4 Å². The molecule has 1 aliphatic carbocycles. The van der Waals surface area contributed by atoms with Gasteiger partial charge in [0.2, 0.25) is 0 Å². The predicted octanol–water partition coefficient (Wildman–Crippen LogP) is 4.26. The molecule has 0 aromatic heterocycles. The van der Waals surface area contributed by atoms with Gasteiger partial charge in [-0.1, -0.05) is 54.6 Å². The van der Waals surface area contributed by atoms with Crippen LogP contribution in [0.25, 0.3) is 0 Å². The van der Waals surface area contributed by atoms with Gasteiger partial charge in [0.25, 0.3) is 0 Å². The summed E-state index contributed by atoms with van der Waals surface area (Å²) in [6.07, 6.45) is 14.7. The SMILES string of the molecule is O=C(O[C@H]1CN2CCC1CC2)N1CCc2ccccc2C1C1=CCC=CC=C1. The van der Waals surface area contributed by atoms with E-state index in [4.69, 9.17) is 4.74 Å². The monoisotopic (exact) mass is 376 g/mol. The molecule has 1 aromatic carbocycles. The van der Waals surface area contributed by atoms with Crippen LogP contribution in [0.15, 0.2) is 60.2 Å². The summed E-state index contributed by atoms with van der Waals surface area (Å²) in [5.74, 6) is 0.533. The van der Waals surface area contributed by atoms with E-state index < -0.39 is 0 Å². The van der Waals surface area contributed by atoms with Gasteiger partial charge < -0.3 is 4.74 Å². The minimum atomic E-state index is -0.148. The van der Waals surface area contributed by atoms with Crippen LogP contribution in [0.4, 0.5) is 4.79 Å². The fraction of sp³-hybridized carbons (Fsp3) is 0.458. The molecule has 4 heteroatoms. The molecule has 1 amide bonds. The molecular formula is C24H28N2O2. The van der Waals surface area contributed by atoms with E-state index in [1.807, 2.05) is 4.90 Å². The third-order valence-corrected chi connectivity index (χ3v) is 6.71. The Hall–Kier alpha value is -2.33. The number of ether oxygens (including phenoxy) is 1. The molecule has 4 heterocycles. The van der Waals surface area contributed by atoms with Gasteiger partial charge in [0.05, 0.1) is 6.04 Å². The standard InChI is InChI=1S/C24H28N2O2/c27-24(28-22-17-25-14-11-19(22)12-15-25)26-16-13-18-7-5-6-10-21(18)23(26)20-8-3-1-2-4-9-20/h1-3,5-10,19,22-23H,4,11-17H2/t22-,23?/m0/s1. The normalized spacial score (nSPS) is 31.1. The van der Waals surface area contributed by atoms with Gasteiger partial charge in [0.1, 0.15) is 6.10 Å². The molecule has 0 radical (unpaired) electrons. The van der Waals surface area contributed by atoms with Crippen molar-refractivity contribution in [1.82, 2.24) is 9.80 Å². The van der Waals surface area contributed by atoms with Crippen LogP contribution in [-0.4, -0.2) is 48.2 Å². The Balaban J connectivity index is 1.42. The van der Waals surface area contributed by atoms with Crippen LogP contribution in [0.3, 0.4) is 0 Å². The zero-order valence-electron chi connectivity index (χ0n) is 16.3. The number of piperidine rings is 3. The summed E-state index contributed by atoms with van der Waals surface area (Å²) >= 11 is 0. The Morgan fingerprint density at radius 3 is 2.75 bits per heavy atom. The van der Waals surface area contributed by atoms with Crippen LogP contribution in [0.2, 0.25) is 0 Å². The number of rotatable bonds is 2. The second kappa shape index (κ2) is 7.59. The molecule has 146 valence electrons. The van der Waals surface area contributed by atoms with Gasteiger partial charge in [0.15, 0.2) is 0 Å². The highest BCUT2D eigenvalue weighted by atomic mass is 16.6. The van der Waals surface area contributed by atoms with Gasteiger partial charge in [-0.25, -0.2) is 4.79 Å². The quantitative estimate of drug-likeness (QED) is 0.773. The van der Waals surface area contributed by atoms with E-state index in [2.05, 4.69) is 59.5 Å². The number of nitrogens with zero attached hydrogens (tertiary/aromatic N) is 2. The first-order valence-corrected chi connectivity index (χ1v) is 10.6. The molecule has 1 aromatic rings. The zero-order valence-corrected chi connectivity index (χ0v) is 16.3. The van der Waals surface area contributed by atoms with Gasteiger partial charge in [-0.2, -0.15) is 0 Å². The third-order valence-electron chi connectivity index (χ3n) is 6.71. The molecule has 4 aliphatic heterocycles. The first kappa shape index (κ1) is 17.7. The van der Waals surface area contributed by atoms with E-state index in [0.717, 1.165) is 45.3 Å². The number of carbonyl (C=O) groups is 1. The number of carbonyl (C=O) groups excluding carboxylic acids is 1. The Kier molecular flexibility index (Phi) is 4.81. The van der Waals surface area contributed by atoms with Crippen LogP contribution in [0, 0.1) is 5.92 Å². The van der Waals surface area contributed by atoms with Gasteiger partial charge in [-0.3, -0.25) is 9.80 Å². The lowest BCUT2D eigenvalue weighted by atomic mass is 9.86. The second-order valence-corrected chi connectivity index (χ2v) is 8.33. The Bertz CT molecular complexity index is 833. The molecular weight excluding hydrogens is 348 g/mol. The first-order valence-electron chi connectivity index (χ1n) is 10.6. The highest BCUT2D eigenvalue weighted by Crippen LogP contribution is 2.38. The third kappa shape index (κ3) is 3.30. The summed E-state index contributed by atoms with van der Waals surface area (Å²) < 4.78 is 6.11. The molecule has 0 saturated carbocycles. The predicted molar refractivity (Wildman–Crippen MR) is 110 cm³/mol. The van der Waals surface area contributed by atoms with E-state index in [1.165, 1.54) is 16.7 Å². The van der Waals surface area contributed by atoms with Crippen molar-refractivity contribution < 1.29 is 9.53 Å². The van der Waals surface area contributed by atoms with Crippen molar-refractivity contribution in [3.63, 3.8) is 0 Å². The highest BCUT2D eigenvalue weighted by molar-refractivity contribution is 5.70. The van der Waals surface area contributed by atoms with Crippen molar-refractivity contribution in [1.29, 1.82) is 0 Å². The molecule has 3 fully saturated rings. The summed E-state index contributed by atoms with van der Waals surface area (Å²) in [4.78, 5) is 17.7. The molecule has 2 bridgehead atoms. The fourth-order valence-corrected chi connectivity index (χ4v) is 5.16. The Labute approximate surface area is 167 Å². The van der Waals surface area contributed by atoms with Crippen molar-refractivity contribution in [2.24, 2.45) is 5.92 Å². The summed E-state index contributed by atoms with van der Waals surface area (Å²) in [5.41, 5.74) is 3.76. The number of fused-ring (bicyclic) bond motifs is 4. The lowest BCUT2D eigenvalue weighted by molar-refractivity contribution is -0.0462.